The smallest absolute Gasteiger partial charge is 0.0726 e. The van der Waals surface area contributed by atoms with E-state index in [0.717, 1.165) is 24.3 Å². The highest BCUT2D eigenvalue weighted by Crippen LogP contribution is 2.29. The van der Waals surface area contributed by atoms with Crippen molar-refractivity contribution in [3.8, 4) is 0 Å². The van der Waals surface area contributed by atoms with Crippen LogP contribution in [0.4, 0.5) is 5.69 Å². The van der Waals surface area contributed by atoms with Crippen molar-refractivity contribution >= 4 is 40.0 Å². The van der Waals surface area contributed by atoms with Crippen molar-refractivity contribution in [1.82, 2.24) is 4.98 Å². The van der Waals surface area contributed by atoms with Gasteiger partial charge in [0.1, 0.15) is 0 Å². The molecule has 0 unspecified atom stereocenters. The first-order chi connectivity index (χ1) is 9.38. The minimum Gasteiger partial charge on any atom is -0.370 e. The third-order valence-corrected chi connectivity index (χ3v) is 4.77. The molecule has 1 aromatic heterocycles. The van der Waals surface area contributed by atoms with Gasteiger partial charge in [0, 0.05) is 29.9 Å². The molecule has 2 nitrogen and oxygen atoms in total. The van der Waals surface area contributed by atoms with Crippen LogP contribution in [0.3, 0.4) is 0 Å². The number of anilines is 1. The predicted octanol–water partition coefficient (Wildman–Crippen LogP) is 3.92. The van der Waals surface area contributed by atoms with E-state index < -0.39 is 0 Å². The molecular weight excluding hydrogens is 276 g/mol. The molecule has 4 heteroatoms. The third kappa shape index (κ3) is 2.82. The summed E-state index contributed by atoms with van der Waals surface area (Å²) in [6.45, 7) is 2.24. The molecule has 1 saturated heterocycles. The number of benzene rings is 1. The Bertz CT molecular complexity index is 565. The van der Waals surface area contributed by atoms with Gasteiger partial charge in [-0.3, -0.25) is 4.98 Å². The van der Waals surface area contributed by atoms with Crippen molar-refractivity contribution in [2.45, 2.75) is 12.3 Å². The van der Waals surface area contributed by atoms with Gasteiger partial charge in [-0.25, -0.2) is 0 Å². The fourth-order valence-corrected chi connectivity index (χ4v) is 3.55. The molecule has 0 saturated carbocycles. The van der Waals surface area contributed by atoms with Gasteiger partial charge in [0.2, 0.25) is 0 Å². The third-order valence-electron chi connectivity index (χ3n) is 3.45. The monoisotopic (exact) mass is 292 g/mol. The number of aromatic nitrogens is 1. The van der Waals surface area contributed by atoms with Gasteiger partial charge in [-0.15, -0.1) is 11.6 Å². The molecule has 2 aromatic rings. The summed E-state index contributed by atoms with van der Waals surface area (Å²) in [5.74, 6) is 2.94. The molecule has 1 fully saturated rings. The lowest BCUT2D eigenvalue weighted by molar-refractivity contribution is 0.818. The van der Waals surface area contributed by atoms with E-state index in [1.54, 1.807) is 0 Å². The lowest BCUT2D eigenvalue weighted by atomic mass is 10.1. The number of para-hydroxylation sites is 1. The second-order valence-corrected chi connectivity index (χ2v) is 6.23. The molecule has 0 N–H and O–H groups in total. The van der Waals surface area contributed by atoms with E-state index in [0.29, 0.717) is 5.88 Å². The average Bonchev–Trinajstić information content (AvgIpc) is 2.75. The Balaban J connectivity index is 2.09. The molecule has 0 aliphatic carbocycles. The largest absolute Gasteiger partial charge is 0.370 e. The summed E-state index contributed by atoms with van der Waals surface area (Å²) in [6.07, 6.45) is 1.25. The summed E-state index contributed by atoms with van der Waals surface area (Å²) in [5.41, 5.74) is 3.31. The molecule has 0 spiro atoms. The molecule has 19 heavy (non-hydrogen) atoms. The fourth-order valence-electron chi connectivity index (χ4n) is 2.53. The number of hydrogen-bond acceptors (Lipinski definition) is 3. The molecular formula is C15H17ClN2S. The highest BCUT2D eigenvalue weighted by atomic mass is 35.5. The van der Waals surface area contributed by atoms with Crippen LogP contribution < -0.4 is 4.90 Å². The Morgan fingerprint density at radius 2 is 2.11 bits per heavy atom. The Labute approximate surface area is 123 Å². The summed E-state index contributed by atoms with van der Waals surface area (Å²) in [7, 11) is 0. The van der Waals surface area contributed by atoms with E-state index in [9.17, 15) is 0 Å². The second kappa shape index (κ2) is 6.02. The van der Waals surface area contributed by atoms with Crippen LogP contribution in [0.15, 0.2) is 30.3 Å². The maximum Gasteiger partial charge on any atom is 0.0726 e. The normalized spacial score (nSPS) is 16.6. The van der Waals surface area contributed by atoms with E-state index >= 15 is 0 Å². The average molecular weight is 293 g/mol. The standard InChI is InChI=1S/C15H17ClN2S/c16-11-12-10-15(18-6-3-8-19-9-7-18)13-4-1-2-5-14(13)17-12/h1-2,4-5,10H,3,6-9,11H2. The number of fused-ring (bicyclic) bond motifs is 1. The van der Waals surface area contributed by atoms with Crippen molar-refractivity contribution in [3.63, 3.8) is 0 Å². The molecule has 0 amide bonds. The van der Waals surface area contributed by atoms with Crippen LogP contribution in [0.2, 0.25) is 0 Å². The molecule has 0 bridgehead atoms. The lowest BCUT2D eigenvalue weighted by Crippen LogP contribution is -2.25. The molecule has 1 aliphatic heterocycles. The van der Waals surface area contributed by atoms with Crippen molar-refractivity contribution in [2.24, 2.45) is 0 Å². The number of nitrogens with zero attached hydrogens (tertiary/aromatic N) is 2. The van der Waals surface area contributed by atoms with Crippen LogP contribution >= 0.6 is 23.4 Å². The van der Waals surface area contributed by atoms with Crippen molar-refractivity contribution in [1.29, 1.82) is 0 Å². The van der Waals surface area contributed by atoms with Crippen LogP contribution in [0.5, 0.6) is 0 Å². The Hall–Kier alpha value is -0.930. The summed E-state index contributed by atoms with van der Waals surface area (Å²) in [6, 6.07) is 10.5. The quantitative estimate of drug-likeness (QED) is 0.781. The first-order valence-corrected chi connectivity index (χ1v) is 8.35. The van der Waals surface area contributed by atoms with Crippen LogP contribution in [0.1, 0.15) is 12.1 Å². The van der Waals surface area contributed by atoms with Crippen molar-refractivity contribution in [3.05, 3.63) is 36.0 Å². The summed E-state index contributed by atoms with van der Waals surface area (Å²) < 4.78 is 0. The van der Waals surface area contributed by atoms with Crippen LogP contribution in [0.25, 0.3) is 10.9 Å². The maximum atomic E-state index is 5.99. The predicted molar refractivity (Wildman–Crippen MR) is 85.5 cm³/mol. The van der Waals surface area contributed by atoms with E-state index in [1.807, 2.05) is 17.8 Å². The number of halogens is 1. The molecule has 1 aliphatic rings. The van der Waals surface area contributed by atoms with E-state index in [1.165, 1.54) is 29.0 Å². The van der Waals surface area contributed by atoms with Crippen molar-refractivity contribution in [2.75, 3.05) is 29.5 Å². The summed E-state index contributed by atoms with van der Waals surface area (Å²) in [5, 5.41) is 1.24. The van der Waals surface area contributed by atoms with Gasteiger partial charge in [-0.2, -0.15) is 11.8 Å². The highest BCUT2D eigenvalue weighted by Gasteiger charge is 2.14. The number of pyridine rings is 1. The van der Waals surface area contributed by atoms with Gasteiger partial charge in [0.15, 0.2) is 0 Å². The van der Waals surface area contributed by atoms with E-state index in [2.05, 4.69) is 34.1 Å². The minimum absolute atomic E-state index is 0.473. The second-order valence-electron chi connectivity index (χ2n) is 4.74. The number of rotatable bonds is 2. The zero-order valence-corrected chi connectivity index (χ0v) is 12.4. The Kier molecular flexibility index (Phi) is 4.14. The molecule has 2 heterocycles. The first kappa shape index (κ1) is 13.1. The molecule has 0 atom stereocenters. The van der Waals surface area contributed by atoms with Gasteiger partial charge in [-0.1, -0.05) is 18.2 Å². The SMILES string of the molecule is ClCc1cc(N2CCCSCC2)c2ccccc2n1. The maximum absolute atomic E-state index is 5.99. The number of thioether (sulfide) groups is 1. The van der Waals surface area contributed by atoms with Gasteiger partial charge in [-0.05, 0) is 24.3 Å². The van der Waals surface area contributed by atoms with Gasteiger partial charge >= 0.3 is 0 Å². The van der Waals surface area contributed by atoms with E-state index in [4.69, 9.17) is 11.6 Å². The number of alkyl halides is 1. The highest BCUT2D eigenvalue weighted by molar-refractivity contribution is 7.99. The lowest BCUT2D eigenvalue weighted by Gasteiger charge is -2.24. The van der Waals surface area contributed by atoms with Gasteiger partial charge in [0.25, 0.3) is 0 Å². The minimum atomic E-state index is 0.473. The van der Waals surface area contributed by atoms with Crippen LogP contribution in [0, 0.1) is 0 Å². The Morgan fingerprint density at radius 1 is 1.21 bits per heavy atom. The first-order valence-electron chi connectivity index (χ1n) is 6.66. The Morgan fingerprint density at radius 3 is 3.00 bits per heavy atom. The molecule has 100 valence electrons. The number of hydrogen-bond donors (Lipinski definition) is 0. The molecule has 0 radical (unpaired) electrons. The molecule has 3 rings (SSSR count). The van der Waals surface area contributed by atoms with Crippen LogP contribution in [-0.2, 0) is 5.88 Å². The van der Waals surface area contributed by atoms with Crippen molar-refractivity contribution < 1.29 is 0 Å². The zero-order valence-electron chi connectivity index (χ0n) is 10.8. The van der Waals surface area contributed by atoms with Crippen LogP contribution in [-0.4, -0.2) is 29.6 Å². The van der Waals surface area contributed by atoms with E-state index in [-0.39, 0.29) is 0 Å². The topological polar surface area (TPSA) is 16.1 Å². The molecule has 1 aromatic carbocycles. The van der Waals surface area contributed by atoms with Gasteiger partial charge in [0.05, 0.1) is 17.1 Å². The summed E-state index contributed by atoms with van der Waals surface area (Å²) >= 11 is 8.03. The van der Waals surface area contributed by atoms with Gasteiger partial charge < -0.3 is 4.90 Å². The summed E-state index contributed by atoms with van der Waals surface area (Å²) in [4.78, 5) is 7.09. The fraction of sp³-hybridized carbons (Fsp3) is 0.400. The zero-order chi connectivity index (χ0) is 13.1.